The molecule has 1 N–H and O–H groups in total. The van der Waals surface area contributed by atoms with Crippen molar-refractivity contribution >= 4 is 16.7 Å². The summed E-state index contributed by atoms with van der Waals surface area (Å²) in [5, 5.41) is 21.5. The van der Waals surface area contributed by atoms with E-state index in [-0.39, 0.29) is 16.0 Å². The van der Waals surface area contributed by atoms with Crippen molar-refractivity contribution in [1.29, 1.82) is 0 Å². The Morgan fingerprint density at radius 3 is 2.63 bits per heavy atom. The maximum absolute atomic E-state index is 13.4. The normalized spacial score (nSPS) is 28.1. The number of nitrogens with zero attached hydrogens (tertiary/aromatic N) is 1. The molecule has 0 saturated carbocycles. The zero-order valence-corrected chi connectivity index (χ0v) is 15.5. The van der Waals surface area contributed by atoms with Gasteiger partial charge >= 0.3 is 0 Å². The molecule has 3 unspecified atom stereocenters. The quantitative estimate of drug-likeness (QED) is 0.290. The second kappa shape index (κ2) is 5.91. The lowest BCUT2D eigenvalue weighted by atomic mass is 9.66. The van der Waals surface area contributed by atoms with Crippen molar-refractivity contribution in [3.63, 3.8) is 0 Å². The van der Waals surface area contributed by atoms with Crippen LogP contribution in [0.1, 0.15) is 28.9 Å². The van der Waals surface area contributed by atoms with Gasteiger partial charge in [0.2, 0.25) is 5.60 Å². The van der Waals surface area contributed by atoms with Gasteiger partial charge < -0.3 is 9.62 Å². The fourth-order valence-electron chi connectivity index (χ4n) is 4.64. The molecule has 1 aromatic heterocycles. The number of hydrogen-bond acceptors (Lipinski definition) is 6. The highest BCUT2D eigenvalue weighted by Gasteiger charge is 2.60. The fourth-order valence-corrected chi connectivity index (χ4v) is 4.64. The SMILES string of the molecule is O=c1c2c(oc3ccccc13)C13C=C/C(=[N+](/[O-])O)C=C1C(c1ccccc1)C2OO3. The molecule has 148 valence electrons. The fraction of sp³-hybridized carbons (Fsp3) is 0.130. The van der Waals surface area contributed by atoms with Crippen molar-refractivity contribution in [3.8, 4) is 0 Å². The minimum Gasteiger partial charge on any atom is -0.456 e. The number of allylic oxidation sites excluding steroid dienone is 2. The largest absolute Gasteiger partial charge is 0.456 e. The Labute approximate surface area is 169 Å². The number of para-hydroxylation sites is 1. The van der Waals surface area contributed by atoms with E-state index in [4.69, 9.17) is 14.2 Å². The summed E-state index contributed by atoms with van der Waals surface area (Å²) in [6.45, 7) is 0. The molecule has 4 aliphatic rings. The van der Waals surface area contributed by atoms with Crippen molar-refractivity contribution in [2.24, 2.45) is 0 Å². The highest BCUT2D eigenvalue weighted by Crippen LogP contribution is 2.60. The van der Waals surface area contributed by atoms with Crippen molar-refractivity contribution < 1.29 is 24.3 Å². The van der Waals surface area contributed by atoms with E-state index in [1.807, 2.05) is 30.3 Å². The van der Waals surface area contributed by atoms with Gasteiger partial charge in [-0.05, 0) is 29.3 Å². The van der Waals surface area contributed by atoms with Crippen LogP contribution in [-0.4, -0.2) is 15.8 Å². The van der Waals surface area contributed by atoms with E-state index < -0.39 is 17.6 Å². The zero-order chi connectivity index (χ0) is 20.5. The average molecular weight is 401 g/mol. The smallest absolute Gasteiger partial charge is 0.267 e. The van der Waals surface area contributed by atoms with Gasteiger partial charge in [-0.2, -0.15) is 0 Å². The van der Waals surface area contributed by atoms with Gasteiger partial charge in [0.25, 0.3) is 5.71 Å². The average Bonchev–Trinajstić information content (AvgIpc) is 2.78. The number of benzene rings is 2. The second-order valence-electron chi connectivity index (χ2n) is 7.53. The summed E-state index contributed by atoms with van der Waals surface area (Å²) in [6, 6.07) is 16.6. The van der Waals surface area contributed by atoms with Crippen LogP contribution in [0.4, 0.5) is 0 Å². The van der Waals surface area contributed by atoms with Crippen LogP contribution in [0, 0.1) is 5.21 Å². The molecule has 1 saturated heterocycles. The third-order valence-electron chi connectivity index (χ3n) is 5.98. The van der Waals surface area contributed by atoms with Gasteiger partial charge in [-0.3, -0.25) is 10.0 Å². The molecule has 7 rings (SSSR count). The van der Waals surface area contributed by atoms with Crippen LogP contribution in [-0.2, 0) is 15.4 Å². The van der Waals surface area contributed by atoms with Crippen molar-refractivity contribution in [2.45, 2.75) is 17.6 Å². The van der Waals surface area contributed by atoms with Crippen LogP contribution >= 0.6 is 0 Å². The van der Waals surface area contributed by atoms with Gasteiger partial charge in [0, 0.05) is 23.0 Å². The Morgan fingerprint density at radius 1 is 1.07 bits per heavy atom. The van der Waals surface area contributed by atoms with Gasteiger partial charge in [0.05, 0.1) is 10.9 Å². The first-order valence-electron chi connectivity index (χ1n) is 9.50. The molecule has 30 heavy (non-hydrogen) atoms. The van der Waals surface area contributed by atoms with Crippen molar-refractivity contribution in [1.82, 2.24) is 0 Å². The van der Waals surface area contributed by atoms with Crippen molar-refractivity contribution in [2.75, 3.05) is 0 Å². The number of hydrogen-bond donors (Lipinski definition) is 1. The summed E-state index contributed by atoms with van der Waals surface area (Å²) in [5.74, 6) is -0.0667. The summed E-state index contributed by atoms with van der Waals surface area (Å²) in [7, 11) is 0. The van der Waals surface area contributed by atoms with E-state index in [0.717, 1.165) is 5.56 Å². The van der Waals surface area contributed by atoms with Crippen LogP contribution < -0.4 is 5.43 Å². The van der Waals surface area contributed by atoms with E-state index in [1.165, 1.54) is 6.08 Å². The summed E-state index contributed by atoms with van der Waals surface area (Å²) in [6.07, 6.45) is 3.81. The molecule has 7 heteroatoms. The standard InChI is InChI=1S/C23H15NO6/c25-20-15-8-4-5-9-17(15)28-22-19(20)21-18(13-6-2-1-3-7-13)16-12-14(24(26)27)10-11-23(16,22)30-29-21/h1-12,18,21H,(H,26,27). The molecule has 0 radical (unpaired) electrons. The Bertz CT molecular complexity index is 1350. The van der Waals surface area contributed by atoms with Crippen LogP contribution in [0.15, 0.2) is 87.6 Å². The van der Waals surface area contributed by atoms with E-state index >= 15 is 0 Å². The predicted molar refractivity (Wildman–Crippen MR) is 106 cm³/mol. The van der Waals surface area contributed by atoms with Crippen LogP contribution in [0.2, 0.25) is 0 Å². The second-order valence-corrected chi connectivity index (χ2v) is 7.53. The first-order valence-corrected chi connectivity index (χ1v) is 9.50. The molecule has 2 aliphatic carbocycles. The lowest BCUT2D eigenvalue weighted by Gasteiger charge is -2.49. The highest BCUT2D eigenvalue weighted by molar-refractivity contribution is 6.03. The molecule has 2 aliphatic heterocycles. The summed E-state index contributed by atoms with van der Waals surface area (Å²) >= 11 is 0. The molecular weight excluding hydrogens is 386 g/mol. The van der Waals surface area contributed by atoms with E-state index in [1.54, 1.807) is 36.4 Å². The molecule has 3 atom stereocenters. The van der Waals surface area contributed by atoms with E-state index in [9.17, 15) is 15.2 Å². The predicted octanol–water partition coefficient (Wildman–Crippen LogP) is 3.63. The zero-order valence-electron chi connectivity index (χ0n) is 15.5. The minimum absolute atomic E-state index is 0.0531. The molecular formula is C23H15NO6. The number of fused-ring (bicyclic) bond motifs is 2. The van der Waals surface area contributed by atoms with Gasteiger partial charge in [-0.25, -0.2) is 9.78 Å². The maximum atomic E-state index is 13.4. The van der Waals surface area contributed by atoms with Gasteiger partial charge in [0.15, 0.2) is 11.2 Å². The molecule has 1 fully saturated rings. The molecule has 2 bridgehead atoms. The molecule has 2 aromatic carbocycles. The summed E-state index contributed by atoms with van der Waals surface area (Å²) in [5.41, 5.74) is 0.966. The Hall–Kier alpha value is -3.68. The van der Waals surface area contributed by atoms with Crippen LogP contribution in [0.3, 0.4) is 0 Å². The Balaban J connectivity index is 1.72. The first kappa shape index (κ1) is 17.2. The third kappa shape index (κ3) is 2.10. The van der Waals surface area contributed by atoms with E-state index in [0.29, 0.717) is 27.9 Å². The lowest BCUT2D eigenvalue weighted by molar-refractivity contribution is -0.725. The monoisotopic (exact) mass is 401 g/mol. The summed E-state index contributed by atoms with van der Waals surface area (Å²) < 4.78 is 6.18. The van der Waals surface area contributed by atoms with Gasteiger partial charge in [0.1, 0.15) is 11.7 Å². The minimum atomic E-state index is -1.31. The first-order chi connectivity index (χ1) is 14.6. The lowest BCUT2D eigenvalue weighted by Crippen LogP contribution is -2.50. The Morgan fingerprint density at radius 2 is 1.83 bits per heavy atom. The molecule has 0 amide bonds. The van der Waals surface area contributed by atoms with Crippen LogP contribution in [0.5, 0.6) is 0 Å². The Kier molecular flexibility index (Phi) is 3.39. The molecule has 3 aromatic rings. The van der Waals surface area contributed by atoms with Gasteiger partial charge in [-0.15, -0.1) is 0 Å². The highest BCUT2D eigenvalue weighted by atomic mass is 17.2. The molecule has 3 heterocycles. The molecule has 1 spiro atoms. The summed E-state index contributed by atoms with van der Waals surface area (Å²) in [4.78, 5) is 24.8. The van der Waals surface area contributed by atoms with Crippen molar-refractivity contribution in [3.05, 3.63) is 111 Å². The van der Waals surface area contributed by atoms with Gasteiger partial charge in [-0.1, -0.05) is 42.5 Å². The topological polar surface area (TPSA) is 95.0 Å². The van der Waals surface area contributed by atoms with E-state index in [2.05, 4.69) is 0 Å². The third-order valence-corrected chi connectivity index (χ3v) is 5.98. The maximum Gasteiger partial charge on any atom is 0.267 e. The van der Waals surface area contributed by atoms with Crippen LogP contribution in [0.25, 0.3) is 11.0 Å². The molecule has 7 nitrogen and oxygen atoms in total. The number of rotatable bonds is 1.